The van der Waals surface area contributed by atoms with Crippen molar-refractivity contribution in [3.8, 4) is 0 Å². The second-order valence-electron chi connectivity index (χ2n) is 6.85. The predicted molar refractivity (Wildman–Crippen MR) is 84.9 cm³/mol. The van der Waals surface area contributed by atoms with Gasteiger partial charge in [0.05, 0.1) is 0 Å². The number of aryl methyl sites for hydroxylation is 1. The first-order valence-electron chi connectivity index (χ1n) is 8.37. The van der Waals surface area contributed by atoms with Crippen molar-refractivity contribution in [3.63, 3.8) is 0 Å². The lowest BCUT2D eigenvalue weighted by Crippen LogP contribution is -2.43. The molecule has 1 aromatic rings. The number of rotatable bonds is 5. The number of nitrogens with one attached hydrogen (secondary N) is 1. The summed E-state index contributed by atoms with van der Waals surface area (Å²) >= 11 is 0. The van der Waals surface area contributed by atoms with Gasteiger partial charge in [0.1, 0.15) is 5.82 Å². The van der Waals surface area contributed by atoms with Crippen molar-refractivity contribution in [3.05, 3.63) is 35.1 Å². The zero-order valence-electron chi connectivity index (χ0n) is 13.2. The first kappa shape index (κ1) is 15.0. The lowest BCUT2D eigenvalue weighted by atomic mass is 9.99. The second kappa shape index (κ2) is 6.45. The molecule has 1 atom stereocenters. The van der Waals surface area contributed by atoms with Crippen LogP contribution in [0, 0.1) is 18.7 Å². The molecule has 1 aliphatic heterocycles. The first-order valence-corrected chi connectivity index (χ1v) is 8.37. The maximum Gasteiger partial charge on any atom is 0.126 e. The molecule has 0 radical (unpaired) electrons. The van der Waals surface area contributed by atoms with E-state index >= 15 is 0 Å². The van der Waals surface area contributed by atoms with E-state index < -0.39 is 0 Å². The Morgan fingerprint density at radius 2 is 1.95 bits per heavy atom. The third-order valence-electron chi connectivity index (χ3n) is 5.15. The van der Waals surface area contributed by atoms with Crippen LogP contribution in [-0.2, 0) is 0 Å². The van der Waals surface area contributed by atoms with E-state index in [2.05, 4.69) is 23.2 Å². The summed E-state index contributed by atoms with van der Waals surface area (Å²) in [5.41, 5.74) is 1.83. The monoisotopic (exact) mass is 290 g/mol. The molecular formula is C18H27FN2. The van der Waals surface area contributed by atoms with Crippen molar-refractivity contribution in [2.45, 2.75) is 51.6 Å². The van der Waals surface area contributed by atoms with Gasteiger partial charge in [0.15, 0.2) is 0 Å². The van der Waals surface area contributed by atoms with E-state index in [1.54, 1.807) is 6.07 Å². The third kappa shape index (κ3) is 3.83. The summed E-state index contributed by atoms with van der Waals surface area (Å²) in [6.07, 6.45) is 5.26. The van der Waals surface area contributed by atoms with Crippen molar-refractivity contribution in [1.82, 2.24) is 10.2 Å². The van der Waals surface area contributed by atoms with E-state index in [0.29, 0.717) is 12.1 Å². The number of hydrogen-bond donors (Lipinski definition) is 1. The molecule has 0 amide bonds. The maximum atomic E-state index is 13.7. The van der Waals surface area contributed by atoms with Crippen LogP contribution < -0.4 is 5.32 Å². The van der Waals surface area contributed by atoms with Crippen LogP contribution in [0.4, 0.5) is 4.39 Å². The van der Waals surface area contributed by atoms with Gasteiger partial charge < -0.3 is 5.32 Å². The molecule has 1 aliphatic carbocycles. The molecule has 0 bridgehead atoms. The molecule has 116 valence electrons. The second-order valence-corrected chi connectivity index (χ2v) is 6.85. The van der Waals surface area contributed by atoms with Gasteiger partial charge in [0.2, 0.25) is 0 Å². The van der Waals surface area contributed by atoms with E-state index in [0.717, 1.165) is 30.1 Å². The fraction of sp³-hybridized carbons (Fsp3) is 0.667. The molecule has 0 aromatic heterocycles. The molecule has 2 fully saturated rings. The van der Waals surface area contributed by atoms with E-state index in [1.165, 1.54) is 32.2 Å². The molecule has 1 saturated heterocycles. The largest absolute Gasteiger partial charge is 0.314 e. The highest BCUT2D eigenvalue weighted by Gasteiger charge is 2.26. The highest BCUT2D eigenvalue weighted by Crippen LogP contribution is 2.29. The summed E-state index contributed by atoms with van der Waals surface area (Å²) in [5, 5.41) is 3.71. The Morgan fingerprint density at radius 3 is 2.57 bits per heavy atom. The summed E-state index contributed by atoms with van der Waals surface area (Å²) in [5.74, 6) is 0.873. The molecule has 1 heterocycles. The van der Waals surface area contributed by atoms with Crippen molar-refractivity contribution in [2.24, 2.45) is 5.92 Å². The van der Waals surface area contributed by atoms with E-state index in [1.807, 2.05) is 13.0 Å². The number of halogens is 1. The number of likely N-dealkylation sites (tertiary alicyclic amines) is 1. The van der Waals surface area contributed by atoms with Gasteiger partial charge in [-0.2, -0.15) is 0 Å². The zero-order valence-corrected chi connectivity index (χ0v) is 13.2. The Hall–Kier alpha value is -0.930. The van der Waals surface area contributed by atoms with Gasteiger partial charge in [-0.1, -0.05) is 12.1 Å². The van der Waals surface area contributed by atoms with Crippen LogP contribution in [-0.4, -0.2) is 30.6 Å². The number of benzene rings is 1. The Kier molecular flexibility index (Phi) is 4.60. The molecule has 3 heteroatoms. The molecule has 1 aromatic carbocycles. The van der Waals surface area contributed by atoms with Gasteiger partial charge in [-0.25, -0.2) is 4.39 Å². The Balaban J connectivity index is 1.51. The molecule has 1 N–H and O–H groups in total. The zero-order chi connectivity index (χ0) is 14.8. The van der Waals surface area contributed by atoms with Gasteiger partial charge >= 0.3 is 0 Å². The summed E-state index contributed by atoms with van der Waals surface area (Å²) in [7, 11) is 0. The Morgan fingerprint density at radius 1 is 1.24 bits per heavy atom. The fourth-order valence-electron chi connectivity index (χ4n) is 3.23. The smallest absolute Gasteiger partial charge is 0.126 e. The van der Waals surface area contributed by atoms with Crippen molar-refractivity contribution in [1.29, 1.82) is 0 Å². The average molecular weight is 290 g/mol. The van der Waals surface area contributed by atoms with E-state index in [-0.39, 0.29) is 5.82 Å². The van der Waals surface area contributed by atoms with Crippen molar-refractivity contribution in [2.75, 3.05) is 19.6 Å². The molecular weight excluding hydrogens is 263 g/mol. The maximum absolute atomic E-state index is 13.7. The number of hydrogen-bond acceptors (Lipinski definition) is 2. The van der Waals surface area contributed by atoms with Crippen LogP contribution >= 0.6 is 0 Å². The molecule has 0 spiro atoms. The van der Waals surface area contributed by atoms with Crippen molar-refractivity contribution < 1.29 is 4.39 Å². The van der Waals surface area contributed by atoms with Gasteiger partial charge in [0.25, 0.3) is 0 Å². The molecule has 1 saturated carbocycles. The van der Waals surface area contributed by atoms with Crippen LogP contribution in [0.2, 0.25) is 0 Å². The SMILES string of the molecule is Cc1ccc(C(C)N2CCC(NCC3CC3)CC2)cc1F. The molecule has 2 aliphatic rings. The summed E-state index contributed by atoms with van der Waals surface area (Å²) < 4.78 is 13.7. The molecule has 21 heavy (non-hydrogen) atoms. The highest BCUT2D eigenvalue weighted by molar-refractivity contribution is 5.25. The minimum Gasteiger partial charge on any atom is -0.314 e. The minimum absolute atomic E-state index is 0.0830. The number of piperidine rings is 1. The number of nitrogens with zero attached hydrogens (tertiary/aromatic N) is 1. The van der Waals surface area contributed by atoms with Gasteiger partial charge in [-0.15, -0.1) is 0 Å². The van der Waals surface area contributed by atoms with Crippen molar-refractivity contribution >= 4 is 0 Å². The molecule has 2 nitrogen and oxygen atoms in total. The van der Waals surface area contributed by atoms with Crippen LogP contribution in [0.25, 0.3) is 0 Å². The molecule has 3 rings (SSSR count). The fourth-order valence-corrected chi connectivity index (χ4v) is 3.23. The standard InChI is InChI=1S/C18H27FN2/c1-13-3-6-16(11-18(13)19)14(2)21-9-7-17(8-10-21)20-12-15-4-5-15/h3,6,11,14-15,17,20H,4-5,7-10,12H2,1-2H3. The van der Waals surface area contributed by atoms with Gasteiger partial charge in [0, 0.05) is 25.2 Å². The normalized spacial score (nSPS) is 22.4. The highest BCUT2D eigenvalue weighted by atomic mass is 19.1. The van der Waals surface area contributed by atoms with Gasteiger partial charge in [-0.05, 0) is 69.2 Å². The summed E-state index contributed by atoms with van der Waals surface area (Å²) in [6, 6.07) is 6.66. The van der Waals surface area contributed by atoms with Gasteiger partial charge in [-0.3, -0.25) is 4.90 Å². The Bertz CT molecular complexity index is 476. The van der Waals surface area contributed by atoms with E-state index in [9.17, 15) is 4.39 Å². The predicted octanol–water partition coefficient (Wildman–Crippen LogP) is 3.66. The summed E-state index contributed by atoms with van der Waals surface area (Å²) in [6.45, 7) is 7.45. The minimum atomic E-state index is -0.0830. The third-order valence-corrected chi connectivity index (χ3v) is 5.15. The molecule has 1 unspecified atom stereocenters. The van der Waals surface area contributed by atoms with E-state index in [4.69, 9.17) is 0 Å². The van der Waals surface area contributed by atoms with Crippen LogP contribution in [0.1, 0.15) is 49.8 Å². The topological polar surface area (TPSA) is 15.3 Å². The van der Waals surface area contributed by atoms with Crippen LogP contribution in [0.15, 0.2) is 18.2 Å². The average Bonchev–Trinajstić information content (AvgIpc) is 3.32. The Labute approximate surface area is 127 Å². The first-order chi connectivity index (χ1) is 10.1. The van der Waals surface area contributed by atoms with Crippen LogP contribution in [0.5, 0.6) is 0 Å². The lowest BCUT2D eigenvalue weighted by Gasteiger charge is -2.36. The lowest BCUT2D eigenvalue weighted by molar-refractivity contribution is 0.152. The summed E-state index contributed by atoms with van der Waals surface area (Å²) in [4.78, 5) is 2.49. The quantitative estimate of drug-likeness (QED) is 0.890. The van der Waals surface area contributed by atoms with Crippen LogP contribution in [0.3, 0.4) is 0 Å².